The molecule has 5 heteroatoms. The van der Waals surface area contributed by atoms with E-state index in [2.05, 4.69) is 13.8 Å². The van der Waals surface area contributed by atoms with Gasteiger partial charge < -0.3 is 20.9 Å². The van der Waals surface area contributed by atoms with Crippen LogP contribution in [0.15, 0.2) is 0 Å². The summed E-state index contributed by atoms with van der Waals surface area (Å²) >= 11 is 0. The normalized spacial score (nSPS) is 30.0. The molecule has 88 valence electrons. The predicted octanol–water partition coefficient (Wildman–Crippen LogP) is 0.202. The average Bonchev–Trinajstić information content (AvgIpc) is 2.57. The molecule has 1 fully saturated rings. The molecule has 0 unspecified atom stereocenters. The monoisotopic (exact) mass is 383 g/mol. The molecule has 0 spiro atoms. The molecule has 14 heavy (non-hydrogen) atoms. The molecule has 4 N–H and O–H groups in total. The zero-order chi connectivity index (χ0) is 9.90. The van der Waals surface area contributed by atoms with E-state index in [1.165, 1.54) is 0 Å². The van der Waals surface area contributed by atoms with Crippen LogP contribution in [0.4, 0.5) is 0 Å². The van der Waals surface area contributed by atoms with E-state index < -0.39 is 5.79 Å². The van der Waals surface area contributed by atoms with Crippen LogP contribution in [-0.4, -0.2) is 31.1 Å². The second kappa shape index (κ2) is 6.19. The van der Waals surface area contributed by atoms with Gasteiger partial charge in [0.1, 0.15) is 12.2 Å². The summed E-state index contributed by atoms with van der Waals surface area (Å²) in [4.78, 5) is 0. The molecular weight excluding hydrogens is 363 g/mol. The van der Waals surface area contributed by atoms with Crippen molar-refractivity contribution in [3.63, 3.8) is 0 Å². The van der Waals surface area contributed by atoms with Gasteiger partial charge in [-0.15, -0.1) is 0 Å². The number of nitrogens with two attached hydrogens (primary N) is 2. The van der Waals surface area contributed by atoms with Crippen molar-refractivity contribution in [1.82, 2.24) is 0 Å². The summed E-state index contributed by atoms with van der Waals surface area (Å²) in [6.45, 7) is 5.05. The van der Waals surface area contributed by atoms with Crippen molar-refractivity contribution < 1.29 is 30.5 Å². The molecule has 0 bridgehead atoms. The van der Waals surface area contributed by atoms with Gasteiger partial charge in [0.15, 0.2) is 5.79 Å². The summed E-state index contributed by atoms with van der Waals surface area (Å²) in [6, 6.07) is 0. The van der Waals surface area contributed by atoms with Gasteiger partial charge in [0.05, 0.1) is 0 Å². The molecule has 0 saturated carbocycles. The van der Waals surface area contributed by atoms with E-state index in [0.717, 1.165) is 12.8 Å². The van der Waals surface area contributed by atoms with Crippen LogP contribution in [0, 0.1) is 0 Å². The maximum Gasteiger partial charge on any atom is 0.168 e. The molecule has 0 amide bonds. The minimum atomic E-state index is -0.436. The zero-order valence-electron chi connectivity index (χ0n) is 8.77. The zero-order valence-corrected chi connectivity index (χ0v) is 11.0. The standard InChI is InChI=1S/C9H20N2O2.Pt/c1-3-9(4-2)12-7(5-10)8(6-11)13-9;/h7-8H,3-6,10-11H2,1-2H3;/t7-,8-;/m1./s1. The average molecular weight is 383 g/mol. The van der Waals surface area contributed by atoms with E-state index in [9.17, 15) is 0 Å². The van der Waals surface area contributed by atoms with Gasteiger partial charge in [-0.1, -0.05) is 13.8 Å². The molecule has 1 aliphatic heterocycles. The molecule has 0 aromatic carbocycles. The Balaban J connectivity index is 0.00000169. The van der Waals surface area contributed by atoms with Gasteiger partial charge in [0.25, 0.3) is 0 Å². The van der Waals surface area contributed by atoms with Crippen molar-refractivity contribution in [1.29, 1.82) is 0 Å². The Morgan fingerprint density at radius 3 is 1.57 bits per heavy atom. The van der Waals surface area contributed by atoms with Crippen LogP contribution in [0.1, 0.15) is 26.7 Å². The third kappa shape index (κ3) is 2.77. The fourth-order valence-corrected chi connectivity index (χ4v) is 1.71. The smallest absolute Gasteiger partial charge is 0.168 e. The third-order valence-corrected chi connectivity index (χ3v) is 2.69. The van der Waals surface area contributed by atoms with Crippen LogP contribution in [0.2, 0.25) is 0 Å². The van der Waals surface area contributed by atoms with Crippen molar-refractivity contribution in [2.24, 2.45) is 11.5 Å². The first-order valence-electron chi connectivity index (χ1n) is 4.97. The Bertz CT molecular complexity index is 151. The molecule has 0 radical (unpaired) electrons. The van der Waals surface area contributed by atoms with E-state index in [0.29, 0.717) is 13.1 Å². The van der Waals surface area contributed by atoms with Crippen LogP contribution < -0.4 is 11.5 Å². The first-order chi connectivity index (χ1) is 6.21. The fraction of sp³-hybridized carbons (Fsp3) is 1.00. The van der Waals surface area contributed by atoms with Crippen LogP contribution in [0.5, 0.6) is 0 Å². The van der Waals surface area contributed by atoms with E-state index in [-0.39, 0.29) is 33.3 Å². The van der Waals surface area contributed by atoms with Crippen LogP contribution in [0.3, 0.4) is 0 Å². The van der Waals surface area contributed by atoms with Gasteiger partial charge in [-0.3, -0.25) is 0 Å². The van der Waals surface area contributed by atoms with Gasteiger partial charge in [-0.25, -0.2) is 0 Å². The van der Waals surface area contributed by atoms with Crippen molar-refractivity contribution in [2.75, 3.05) is 13.1 Å². The molecule has 1 rings (SSSR count). The second-order valence-corrected chi connectivity index (χ2v) is 3.40. The van der Waals surface area contributed by atoms with E-state index in [1.807, 2.05) is 0 Å². The summed E-state index contributed by atoms with van der Waals surface area (Å²) in [5.74, 6) is -0.436. The summed E-state index contributed by atoms with van der Waals surface area (Å²) < 4.78 is 11.5. The Morgan fingerprint density at radius 1 is 1.00 bits per heavy atom. The molecule has 2 atom stereocenters. The summed E-state index contributed by atoms with van der Waals surface area (Å²) in [7, 11) is 0. The van der Waals surface area contributed by atoms with E-state index in [1.54, 1.807) is 0 Å². The van der Waals surface area contributed by atoms with Crippen molar-refractivity contribution in [2.45, 2.75) is 44.7 Å². The number of hydrogen-bond acceptors (Lipinski definition) is 4. The van der Waals surface area contributed by atoms with Gasteiger partial charge in [0.2, 0.25) is 0 Å². The first-order valence-corrected chi connectivity index (χ1v) is 4.97. The van der Waals surface area contributed by atoms with Crippen LogP contribution >= 0.6 is 0 Å². The molecule has 4 nitrogen and oxygen atoms in total. The van der Waals surface area contributed by atoms with Crippen LogP contribution in [-0.2, 0) is 30.5 Å². The van der Waals surface area contributed by atoms with Crippen molar-refractivity contribution >= 4 is 0 Å². The molecule has 0 aliphatic carbocycles. The summed E-state index contributed by atoms with van der Waals surface area (Å²) in [5, 5.41) is 0. The molecular formula is C9H20N2O2Pt. The van der Waals surface area contributed by atoms with Crippen molar-refractivity contribution in [3.05, 3.63) is 0 Å². The van der Waals surface area contributed by atoms with Gasteiger partial charge >= 0.3 is 0 Å². The maximum atomic E-state index is 5.77. The second-order valence-electron chi connectivity index (χ2n) is 3.40. The van der Waals surface area contributed by atoms with E-state index in [4.69, 9.17) is 20.9 Å². The van der Waals surface area contributed by atoms with Gasteiger partial charge in [-0.05, 0) is 12.8 Å². The first kappa shape index (κ1) is 14.5. The fourth-order valence-electron chi connectivity index (χ4n) is 1.71. The Kier molecular flexibility index (Phi) is 6.42. The Labute approximate surface area is 99.9 Å². The maximum absolute atomic E-state index is 5.77. The largest absolute Gasteiger partial charge is 0.343 e. The van der Waals surface area contributed by atoms with Crippen molar-refractivity contribution in [3.8, 4) is 0 Å². The Morgan fingerprint density at radius 2 is 1.36 bits per heavy atom. The number of rotatable bonds is 4. The minimum Gasteiger partial charge on any atom is -0.343 e. The molecule has 0 aromatic heterocycles. The molecule has 0 aromatic rings. The summed E-state index contributed by atoms with van der Waals surface area (Å²) in [5.41, 5.74) is 11.1. The molecule has 1 aliphatic rings. The molecule has 1 heterocycles. The topological polar surface area (TPSA) is 70.5 Å². The van der Waals surface area contributed by atoms with Gasteiger partial charge in [0, 0.05) is 34.2 Å². The molecule has 1 saturated heterocycles. The van der Waals surface area contributed by atoms with Crippen LogP contribution in [0.25, 0.3) is 0 Å². The third-order valence-electron chi connectivity index (χ3n) is 2.69. The van der Waals surface area contributed by atoms with E-state index >= 15 is 0 Å². The number of hydrogen-bond donors (Lipinski definition) is 2. The van der Waals surface area contributed by atoms with Gasteiger partial charge in [-0.2, -0.15) is 0 Å². The SMILES string of the molecule is CCC1(CC)O[C@H](CN)[C@@H](CN)O1.[Pt]. The minimum absolute atomic E-state index is 0. The number of ether oxygens (including phenoxy) is 2. The quantitative estimate of drug-likeness (QED) is 0.728. The summed E-state index contributed by atoms with van der Waals surface area (Å²) in [6.07, 6.45) is 1.61. The predicted molar refractivity (Wildman–Crippen MR) is 51.2 cm³/mol. The Hall–Kier alpha value is 0.528.